The smallest absolute Gasteiger partial charge is 0.255 e. The molecule has 1 amide bonds. The van der Waals surface area contributed by atoms with Crippen LogP contribution in [0.1, 0.15) is 48.7 Å². The monoisotopic (exact) mass is 237 g/mol. The van der Waals surface area contributed by atoms with Gasteiger partial charge in [0.25, 0.3) is 5.91 Å². The van der Waals surface area contributed by atoms with E-state index < -0.39 is 6.10 Å². The van der Waals surface area contributed by atoms with E-state index in [9.17, 15) is 9.90 Å². The molecule has 0 saturated heterocycles. The van der Waals surface area contributed by atoms with Crippen molar-refractivity contribution in [2.24, 2.45) is 0 Å². The fraction of sp³-hybridized carbons (Fsp3) is 0.615. The van der Waals surface area contributed by atoms with Crippen LogP contribution < -0.4 is 5.32 Å². The summed E-state index contributed by atoms with van der Waals surface area (Å²) in [4.78, 5) is 12.0. The summed E-state index contributed by atoms with van der Waals surface area (Å²) in [7, 11) is 0. The van der Waals surface area contributed by atoms with Crippen molar-refractivity contribution in [2.75, 3.05) is 0 Å². The van der Waals surface area contributed by atoms with Gasteiger partial charge in [-0.25, -0.2) is 0 Å². The van der Waals surface area contributed by atoms with Gasteiger partial charge in [-0.2, -0.15) is 0 Å². The zero-order valence-electron chi connectivity index (χ0n) is 10.1. The van der Waals surface area contributed by atoms with E-state index >= 15 is 0 Å². The second-order valence-electron chi connectivity index (χ2n) is 4.54. The Balaban J connectivity index is 2.01. The number of furan rings is 1. The molecule has 0 radical (unpaired) electrons. The van der Waals surface area contributed by atoms with Crippen molar-refractivity contribution in [1.82, 2.24) is 5.32 Å². The minimum absolute atomic E-state index is 0.115. The normalized spacial score (nSPS) is 24.6. The van der Waals surface area contributed by atoms with Gasteiger partial charge in [-0.05, 0) is 18.9 Å². The van der Waals surface area contributed by atoms with Gasteiger partial charge in [0.2, 0.25) is 0 Å². The van der Waals surface area contributed by atoms with Crippen molar-refractivity contribution >= 4 is 5.91 Å². The minimum Gasteiger partial charge on any atom is -0.469 e. The first-order chi connectivity index (χ1) is 8.22. The molecule has 1 fully saturated rings. The third-order valence-corrected chi connectivity index (χ3v) is 3.36. The van der Waals surface area contributed by atoms with Crippen LogP contribution in [0.5, 0.6) is 0 Å². The lowest BCUT2D eigenvalue weighted by Crippen LogP contribution is -2.45. The van der Waals surface area contributed by atoms with Crippen LogP contribution in [0.15, 0.2) is 16.7 Å². The molecule has 1 aliphatic carbocycles. The lowest BCUT2D eigenvalue weighted by Gasteiger charge is -2.28. The number of aryl methyl sites for hydroxylation is 1. The number of rotatable bonds is 3. The van der Waals surface area contributed by atoms with E-state index in [1.54, 1.807) is 6.07 Å². The Bertz CT molecular complexity index is 386. The average Bonchev–Trinajstić information content (AvgIpc) is 2.80. The number of nitrogens with one attached hydrogen (secondary N) is 1. The van der Waals surface area contributed by atoms with E-state index in [-0.39, 0.29) is 11.9 Å². The van der Waals surface area contributed by atoms with E-state index in [1.807, 2.05) is 6.92 Å². The Morgan fingerprint density at radius 1 is 1.53 bits per heavy atom. The number of aliphatic hydroxyl groups is 1. The van der Waals surface area contributed by atoms with Crippen molar-refractivity contribution in [3.05, 3.63) is 23.7 Å². The lowest BCUT2D eigenvalue weighted by molar-refractivity contribution is 0.0716. The first-order valence-electron chi connectivity index (χ1n) is 6.27. The molecule has 94 valence electrons. The van der Waals surface area contributed by atoms with Crippen LogP contribution in [-0.2, 0) is 6.42 Å². The largest absolute Gasteiger partial charge is 0.469 e. The van der Waals surface area contributed by atoms with Crippen LogP contribution in [0.4, 0.5) is 0 Å². The van der Waals surface area contributed by atoms with Crippen LogP contribution in [0.25, 0.3) is 0 Å². The summed E-state index contributed by atoms with van der Waals surface area (Å²) in [5, 5.41) is 12.7. The van der Waals surface area contributed by atoms with E-state index in [0.29, 0.717) is 17.7 Å². The van der Waals surface area contributed by atoms with Crippen LogP contribution in [0, 0.1) is 0 Å². The Morgan fingerprint density at radius 2 is 2.29 bits per heavy atom. The molecule has 1 aromatic heterocycles. The molecule has 4 nitrogen and oxygen atoms in total. The SMILES string of the molecule is CCc1occc1C(=O)NC1CCCCC1O. The fourth-order valence-electron chi connectivity index (χ4n) is 2.34. The topological polar surface area (TPSA) is 62.5 Å². The average molecular weight is 237 g/mol. The molecule has 17 heavy (non-hydrogen) atoms. The van der Waals surface area contributed by atoms with Crippen molar-refractivity contribution in [2.45, 2.75) is 51.2 Å². The molecule has 1 aromatic rings. The molecule has 1 aliphatic rings. The van der Waals surface area contributed by atoms with Gasteiger partial charge in [-0.3, -0.25) is 4.79 Å². The molecular weight excluding hydrogens is 218 g/mol. The minimum atomic E-state index is -0.412. The number of aliphatic hydroxyl groups excluding tert-OH is 1. The predicted octanol–water partition coefficient (Wildman–Crippen LogP) is 1.88. The zero-order chi connectivity index (χ0) is 12.3. The fourth-order valence-corrected chi connectivity index (χ4v) is 2.34. The number of hydrogen-bond acceptors (Lipinski definition) is 3. The van der Waals surface area contributed by atoms with Crippen molar-refractivity contribution < 1.29 is 14.3 Å². The summed E-state index contributed by atoms with van der Waals surface area (Å²) < 4.78 is 5.23. The van der Waals surface area contributed by atoms with E-state index in [4.69, 9.17) is 4.42 Å². The molecule has 4 heteroatoms. The van der Waals surface area contributed by atoms with Gasteiger partial charge in [0.05, 0.1) is 24.0 Å². The Morgan fingerprint density at radius 3 is 3.00 bits per heavy atom. The van der Waals surface area contributed by atoms with Crippen molar-refractivity contribution in [1.29, 1.82) is 0 Å². The summed E-state index contributed by atoms with van der Waals surface area (Å²) in [5.41, 5.74) is 0.588. The van der Waals surface area contributed by atoms with Crippen LogP contribution >= 0.6 is 0 Å². The molecule has 0 spiro atoms. The number of amides is 1. The van der Waals surface area contributed by atoms with E-state index in [1.165, 1.54) is 6.26 Å². The van der Waals surface area contributed by atoms with Crippen LogP contribution in [0.3, 0.4) is 0 Å². The van der Waals surface area contributed by atoms with Gasteiger partial charge in [0, 0.05) is 6.42 Å². The molecule has 2 unspecified atom stereocenters. The maximum atomic E-state index is 12.0. The first kappa shape index (κ1) is 12.2. The maximum absolute atomic E-state index is 12.0. The van der Waals surface area contributed by atoms with Gasteiger partial charge >= 0.3 is 0 Å². The zero-order valence-corrected chi connectivity index (χ0v) is 10.1. The lowest BCUT2D eigenvalue weighted by atomic mass is 9.92. The number of hydrogen-bond donors (Lipinski definition) is 2. The Labute approximate surface area is 101 Å². The van der Waals surface area contributed by atoms with Crippen LogP contribution in [-0.4, -0.2) is 23.2 Å². The summed E-state index contributed by atoms with van der Waals surface area (Å²) in [6.45, 7) is 1.95. The maximum Gasteiger partial charge on any atom is 0.255 e. The summed E-state index contributed by atoms with van der Waals surface area (Å²) in [6, 6.07) is 1.57. The molecule has 0 bridgehead atoms. The molecule has 0 aromatic carbocycles. The number of carbonyl (C=O) groups is 1. The van der Waals surface area contributed by atoms with Gasteiger partial charge < -0.3 is 14.8 Å². The highest BCUT2D eigenvalue weighted by Crippen LogP contribution is 2.19. The van der Waals surface area contributed by atoms with Crippen molar-refractivity contribution in [3.8, 4) is 0 Å². The Kier molecular flexibility index (Phi) is 3.84. The molecular formula is C13H19NO3. The highest BCUT2D eigenvalue weighted by atomic mass is 16.3. The van der Waals surface area contributed by atoms with Gasteiger partial charge in [0.1, 0.15) is 5.76 Å². The van der Waals surface area contributed by atoms with Gasteiger partial charge in [-0.1, -0.05) is 19.8 Å². The third-order valence-electron chi connectivity index (χ3n) is 3.36. The number of carbonyl (C=O) groups excluding carboxylic acids is 1. The van der Waals surface area contributed by atoms with Crippen molar-refractivity contribution in [3.63, 3.8) is 0 Å². The molecule has 2 atom stereocenters. The van der Waals surface area contributed by atoms with E-state index in [2.05, 4.69) is 5.32 Å². The highest BCUT2D eigenvalue weighted by molar-refractivity contribution is 5.95. The Hall–Kier alpha value is -1.29. The molecule has 1 heterocycles. The third kappa shape index (κ3) is 2.69. The van der Waals surface area contributed by atoms with Gasteiger partial charge in [-0.15, -0.1) is 0 Å². The molecule has 0 aliphatic heterocycles. The standard InChI is InChI=1S/C13H19NO3/c1-2-12-9(7-8-17-12)13(16)14-10-5-3-4-6-11(10)15/h7-8,10-11,15H,2-6H2,1H3,(H,14,16). The van der Waals surface area contributed by atoms with E-state index in [0.717, 1.165) is 25.7 Å². The summed E-state index contributed by atoms with van der Waals surface area (Å²) in [6.07, 6.45) is 5.55. The van der Waals surface area contributed by atoms with Gasteiger partial charge in [0.15, 0.2) is 0 Å². The molecule has 2 N–H and O–H groups in total. The summed E-state index contributed by atoms with van der Waals surface area (Å²) >= 11 is 0. The highest BCUT2D eigenvalue weighted by Gasteiger charge is 2.25. The second kappa shape index (κ2) is 5.36. The second-order valence-corrected chi connectivity index (χ2v) is 4.54. The predicted molar refractivity (Wildman–Crippen MR) is 63.8 cm³/mol. The molecule has 1 saturated carbocycles. The first-order valence-corrected chi connectivity index (χ1v) is 6.27. The summed E-state index contributed by atoms with van der Waals surface area (Å²) in [5.74, 6) is 0.564. The van der Waals surface area contributed by atoms with Crippen LogP contribution in [0.2, 0.25) is 0 Å². The molecule has 2 rings (SSSR count). The quantitative estimate of drug-likeness (QED) is 0.843.